The first-order valence-corrected chi connectivity index (χ1v) is 14.4. The SMILES string of the molecule is C[Si](C)(C)c1ccc(NC(=O)C(NC(=O)[C@@H]2CNC(=O)C2)C2CCC(F)(F)CC2)cc1F. The second-order valence-corrected chi connectivity index (χ2v) is 14.9. The standard InChI is InChI=1S/C22H30F3N3O3Si/c1-32(2,3)17-5-4-15(11-16(17)23)27-21(31)19(13-6-8-22(24,25)9-7-13)28-20(30)14-10-18(29)26-12-14/h4-5,11,13-14,19H,6-10,12H2,1-3H3,(H,26,29)(H,27,31)(H,28,30)/t14-,19?/m0/s1. The lowest BCUT2D eigenvalue weighted by atomic mass is 9.81. The maximum atomic E-state index is 14.6. The highest BCUT2D eigenvalue weighted by Gasteiger charge is 2.41. The van der Waals surface area contributed by atoms with E-state index in [1.807, 2.05) is 19.6 Å². The number of alkyl halides is 2. The van der Waals surface area contributed by atoms with Crippen molar-refractivity contribution in [3.05, 3.63) is 24.0 Å². The zero-order chi connectivity index (χ0) is 23.7. The van der Waals surface area contributed by atoms with E-state index in [9.17, 15) is 27.6 Å². The van der Waals surface area contributed by atoms with Crippen molar-refractivity contribution in [3.63, 3.8) is 0 Å². The Balaban J connectivity index is 1.76. The molecule has 1 aromatic carbocycles. The molecule has 2 atom stereocenters. The Bertz CT molecular complexity index is 894. The Morgan fingerprint density at radius 1 is 1.19 bits per heavy atom. The number of benzene rings is 1. The van der Waals surface area contributed by atoms with E-state index in [0.29, 0.717) is 5.19 Å². The molecule has 0 aromatic heterocycles. The molecule has 2 fully saturated rings. The predicted molar refractivity (Wildman–Crippen MR) is 118 cm³/mol. The Morgan fingerprint density at radius 2 is 1.84 bits per heavy atom. The minimum atomic E-state index is -2.78. The molecule has 1 heterocycles. The van der Waals surface area contributed by atoms with Crippen LogP contribution in [0.4, 0.5) is 18.9 Å². The van der Waals surface area contributed by atoms with E-state index in [4.69, 9.17) is 0 Å². The van der Waals surface area contributed by atoms with Crippen LogP contribution in [0, 0.1) is 17.7 Å². The molecule has 176 valence electrons. The molecule has 1 saturated carbocycles. The molecule has 1 aliphatic heterocycles. The third-order valence-electron chi connectivity index (χ3n) is 6.21. The van der Waals surface area contributed by atoms with Gasteiger partial charge in [0.1, 0.15) is 11.9 Å². The number of anilines is 1. The number of carbonyl (C=O) groups excluding carboxylic acids is 3. The zero-order valence-corrected chi connectivity index (χ0v) is 19.6. The van der Waals surface area contributed by atoms with Gasteiger partial charge in [0.05, 0.1) is 14.0 Å². The Labute approximate surface area is 186 Å². The fraction of sp³-hybridized carbons (Fsp3) is 0.591. The molecule has 6 nitrogen and oxygen atoms in total. The largest absolute Gasteiger partial charge is 0.355 e. The molecule has 3 N–H and O–H groups in total. The molecular formula is C22H30F3N3O3Si. The van der Waals surface area contributed by atoms with Crippen LogP contribution in [0.2, 0.25) is 19.6 Å². The monoisotopic (exact) mass is 469 g/mol. The Kier molecular flexibility index (Phi) is 7.02. The van der Waals surface area contributed by atoms with Crippen molar-refractivity contribution in [1.29, 1.82) is 0 Å². The van der Waals surface area contributed by atoms with Crippen LogP contribution in [0.15, 0.2) is 18.2 Å². The van der Waals surface area contributed by atoms with Crippen molar-refractivity contribution in [2.24, 2.45) is 11.8 Å². The smallest absolute Gasteiger partial charge is 0.248 e. The van der Waals surface area contributed by atoms with Gasteiger partial charge in [0, 0.05) is 31.5 Å². The van der Waals surface area contributed by atoms with Gasteiger partial charge in [-0.05, 0) is 36.1 Å². The number of hydrogen-bond donors (Lipinski definition) is 3. The van der Waals surface area contributed by atoms with E-state index in [1.165, 1.54) is 6.07 Å². The summed E-state index contributed by atoms with van der Waals surface area (Å²) in [6, 6.07) is 3.47. The topological polar surface area (TPSA) is 87.3 Å². The van der Waals surface area contributed by atoms with Crippen molar-refractivity contribution < 1.29 is 27.6 Å². The van der Waals surface area contributed by atoms with Gasteiger partial charge in [-0.25, -0.2) is 13.2 Å². The van der Waals surface area contributed by atoms with Crippen LogP contribution in [0.3, 0.4) is 0 Å². The molecule has 10 heteroatoms. The Hall–Kier alpha value is -2.36. The summed E-state index contributed by atoms with van der Waals surface area (Å²) >= 11 is 0. The highest BCUT2D eigenvalue weighted by molar-refractivity contribution is 6.88. The van der Waals surface area contributed by atoms with Crippen molar-refractivity contribution in [3.8, 4) is 0 Å². The molecule has 0 bridgehead atoms. The number of carbonyl (C=O) groups is 3. The molecule has 0 spiro atoms. The summed E-state index contributed by atoms with van der Waals surface area (Å²) in [5.74, 6) is -5.57. The molecule has 3 amide bonds. The molecule has 3 rings (SSSR count). The zero-order valence-electron chi connectivity index (χ0n) is 18.6. The molecule has 1 aliphatic carbocycles. The maximum Gasteiger partial charge on any atom is 0.248 e. The molecular weight excluding hydrogens is 439 g/mol. The van der Waals surface area contributed by atoms with Gasteiger partial charge < -0.3 is 16.0 Å². The van der Waals surface area contributed by atoms with Crippen LogP contribution in [0.1, 0.15) is 32.1 Å². The average molecular weight is 470 g/mol. The second kappa shape index (κ2) is 9.25. The van der Waals surface area contributed by atoms with Crippen LogP contribution < -0.4 is 21.1 Å². The fourth-order valence-corrected chi connectivity index (χ4v) is 5.65. The molecule has 1 saturated heterocycles. The Morgan fingerprint density at radius 3 is 2.38 bits per heavy atom. The molecule has 32 heavy (non-hydrogen) atoms. The van der Waals surface area contributed by atoms with E-state index < -0.39 is 49.5 Å². The van der Waals surface area contributed by atoms with E-state index >= 15 is 0 Å². The van der Waals surface area contributed by atoms with Gasteiger partial charge in [-0.1, -0.05) is 25.7 Å². The van der Waals surface area contributed by atoms with Crippen LogP contribution in [0.25, 0.3) is 0 Å². The summed E-state index contributed by atoms with van der Waals surface area (Å²) in [7, 11) is -1.89. The predicted octanol–water partition coefficient (Wildman–Crippen LogP) is 2.76. The highest BCUT2D eigenvalue weighted by atomic mass is 28.3. The lowest BCUT2D eigenvalue weighted by Gasteiger charge is -2.33. The number of hydrogen-bond acceptors (Lipinski definition) is 3. The summed E-state index contributed by atoms with van der Waals surface area (Å²) in [4.78, 5) is 37.2. The first-order valence-electron chi connectivity index (χ1n) is 10.9. The number of nitrogens with one attached hydrogen (secondary N) is 3. The average Bonchev–Trinajstić information content (AvgIpc) is 3.12. The quantitative estimate of drug-likeness (QED) is 0.560. The van der Waals surface area contributed by atoms with Gasteiger partial charge in [-0.2, -0.15) is 0 Å². The van der Waals surface area contributed by atoms with Crippen LogP contribution in [-0.2, 0) is 14.4 Å². The lowest BCUT2D eigenvalue weighted by Crippen LogP contribution is -2.51. The van der Waals surface area contributed by atoms with Gasteiger partial charge in [-0.3, -0.25) is 14.4 Å². The lowest BCUT2D eigenvalue weighted by molar-refractivity contribution is -0.131. The van der Waals surface area contributed by atoms with Crippen molar-refractivity contribution in [1.82, 2.24) is 10.6 Å². The first-order chi connectivity index (χ1) is 14.9. The number of rotatable bonds is 6. The van der Waals surface area contributed by atoms with Gasteiger partial charge in [0.25, 0.3) is 0 Å². The van der Waals surface area contributed by atoms with Crippen molar-refractivity contribution in [2.45, 2.75) is 63.7 Å². The maximum absolute atomic E-state index is 14.6. The summed E-state index contributed by atoms with van der Waals surface area (Å²) < 4.78 is 41.9. The minimum absolute atomic E-state index is 0.0201. The van der Waals surface area contributed by atoms with Crippen molar-refractivity contribution in [2.75, 3.05) is 11.9 Å². The van der Waals surface area contributed by atoms with E-state index in [2.05, 4.69) is 16.0 Å². The van der Waals surface area contributed by atoms with Gasteiger partial charge in [0.15, 0.2) is 0 Å². The van der Waals surface area contributed by atoms with Gasteiger partial charge in [-0.15, -0.1) is 0 Å². The van der Waals surface area contributed by atoms with E-state index in [-0.39, 0.29) is 50.2 Å². The summed E-state index contributed by atoms with van der Waals surface area (Å²) in [6.45, 7) is 6.20. The minimum Gasteiger partial charge on any atom is -0.355 e. The number of halogens is 3. The third kappa shape index (κ3) is 5.90. The van der Waals surface area contributed by atoms with Crippen LogP contribution in [-0.4, -0.2) is 44.3 Å². The molecule has 1 aromatic rings. The fourth-order valence-electron chi connectivity index (χ4n) is 4.28. The normalized spacial score (nSPS) is 22.2. The first kappa shape index (κ1) is 24.3. The highest BCUT2D eigenvalue weighted by Crippen LogP contribution is 2.37. The molecule has 0 radical (unpaired) electrons. The van der Waals surface area contributed by atoms with Gasteiger partial charge in [0.2, 0.25) is 23.6 Å². The third-order valence-corrected chi connectivity index (χ3v) is 8.23. The number of amides is 3. The van der Waals surface area contributed by atoms with Crippen LogP contribution >= 0.6 is 0 Å². The van der Waals surface area contributed by atoms with Gasteiger partial charge >= 0.3 is 0 Å². The summed E-state index contributed by atoms with van der Waals surface area (Å²) in [5, 5.41) is 8.51. The van der Waals surface area contributed by atoms with E-state index in [1.54, 1.807) is 12.1 Å². The second-order valence-electron chi connectivity index (χ2n) is 9.82. The molecule has 1 unspecified atom stereocenters. The van der Waals surface area contributed by atoms with Crippen LogP contribution in [0.5, 0.6) is 0 Å². The van der Waals surface area contributed by atoms with Crippen molar-refractivity contribution >= 4 is 36.7 Å². The van der Waals surface area contributed by atoms with E-state index in [0.717, 1.165) is 0 Å². The summed E-state index contributed by atoms with van der Waals surface area (Å²) in [5.41, 5.74) is 0.243. The summed E-state index contributed by atoms with van der Waals surface area (Å²) in [6.07, 6.45) is -0.542. The molecule has 2 aliphatic rings.